The highest BCUT2D eigenvalue weighted by Crippen LogP contribution is 2.37. The highest BCUT2D eigenvalue weighted by molar-refractivity contribution is 5.94. The molecule has 2 fully saturated rings. The van der Waals surface area contributed by atoms with Crippen molar-refractivity contribution in [2.24, 2.45) is 5.73 Å². The van der Waals surface area contributed by atoms with E-state index >= 15 is 0 Å². The second-order valence-corrected chi connectivity index (χ2v) is 13.4. The number of nitrogens with one attached hydrogen (secondary N) is 2. The van der Waals surface area contributed by atoms with Gasteiger partial charge >= 0.3 is 0 Å². The average Bonchev–Trinajstić information content (AvgIpc) is 3.88. The van der Waals surface area contributed by atoms with Crippen molar-refractivity contribution in [2.45, 2.75) is 62.3 Å². The number of carbonyl (C=O) groups is 2. The van der Waals surface area contributed by atoms with Gasteiger partial charge in [-0.1, -0.05) is 31.2 Å². The molecule has 52 heavy (non-hydrogen) atoms. The van der Waals surface area contributed by atoms with E-state index in [-0.39, 0.29) is 42.1 Å². The third-order valence-corrected chi connectivity index (χ3v) is 10.2. The van der Waals surface area contributed by atoms with Gasteiger partial charge in [0.1, 0.15) is 23.7 Å². The predicted molar refractivity (Wildman–Crippen MR) is 192 cm³/mol. The third kappa shape index (κ3) is 6.79. The summed E-state index contributed by atoms with van der Waals surface area (Å²) in [6, 6.07) is 14.2. The molecule has 0 bridgehead atoms. The van der Waals surface area contributed by atoms with E-state index in [1.807, 2.05) is 29.2 Å². The van der Waals surface area contributed by atoms with Crippen LogP contribution in [0.4, 0.5) is 11.8 Å². The van der Waals surface area contributed by atoms with Crippen LogP contribution in [-0.2, 0) is 4.79 Å². The molecule has 270 valence electrons. The van der Waals surface area contributed by atoms with Crippen molar-refractivity contribution in [2.75, 3.05) is 29.9 Å². The number of rotatable bonds is 11. The van der Waals surface area contributed by atoms with Crippen LogP contribution >= 0.6 is 0 Å². The van der Waals surface area contributed by atoms with E-state index in [1.54, 1.807) is 60.5 Å². The number of benzene rings is 2. The van der Waals surface area contributed by atoms with Crippen LogP contribution in [0.25, 0.3) is 11.2 Å². The molecule has 2 aliphatic rings. The summed E-state index contributed by atoms with van der Waals surface area (Å²) in [7, 11) is 0. The molecular formula is C37H41N9O6. The first-order valence-electron chi connectivity index (χ1n) is 17.3. The molecule has 1 saturated carbocycles. The molecule has 8 N–H and O–H groups in total. The average molecular weight is 708 g/mol. The van der Waals surface area contributed by atoms with Crippen molar-refractivity contribution >= 4 is 34.7 Å². The van der Waals surface area contributed by atoms with E-state index in [4.69, 9.17) is 15.7 Å². The molecule has 2 amide bonds. The van der Waals surface area contributed by atoms with Gasteiger partial charge in [0.15, 0.2) is 17.0 Å². The van der Waals surface area contributed by atoms with Crippen LogP contribution in [0.3, 0.4) is 0 Å². The van der Waals surface area contributed by atoms with Gasteiger partial charge in [-0.3, -0.25) is 14.6 Å². The number of anilines is 2. The largest absolute Gasteiger partial charge is 0.508 e. The molecule has 15 heteroatoms. The molecule has 5 atom stereocenters. The second-order valence-electron chi connectivity index (χ2n) is 13.4. The molecular weight excluding hydrogens is 666 g/mol. The van der Waals surface area contributed by atoms with Gasteiger partial charge in [0.25, 0.3) is 0 Å². The Morgan fingerprint density at radius 2 is 1.67 bits per heavy atom. The predicted octanol–water partition coefficient (Wildman–Crippen LogP) is 2.53. The number of imidazole rings is 1. The molecule has 1 aliphatic heterocycles. The topological polar surface area (TPSA) is 225 Å². The molecule has 1 aliphatic carbocycles. The Hall–Kier alpha value is -5.80. The number of aliphatic hydroxyl groups excluding tert-OH is 2. The van der Waals surface area contributed by atoms with Crippen LogP contribution < -0.4 is 21.3 Å². The van der Waals surface area contributed by atoms with Gasteiger partial charge < -0.3 is 46.3 Å². The molecule has 0 spiro atoms. The summed E-state index contributed by atoms with van der Waals surface area (Å²) in [4.78, 5) is 45.3. The van der Waals surface area contributed by atoms with E-state index in [0.717, 1.165) is 16.7 Å². The fraction of sp³-hybridized carbons (Fsp3) is 0.351. The molecule has 15 nitrogen and oxygen atoms in total. The number of amides is 2. The van der Waals surface area contributed by atoms with Crippen molar-refractivity contribution in [1.82, 2.24) is 29.8 Å². The molecule has 4 heterocycles. The van der Waals surface area contributed by atoms with E-state index in [9.17, 15) is 30.0 Å². The number of hydrogen-bond donors (Lipinski definition) is 7. The third-order valence-electron chi connectivity index (χ3n) is 10.2. The highest BCUT2D eigenvalue weighted by atomic mass is 16.3. The number of nitrogens with two attached hydrogens (primary N) is 1. The summed E-state index contributed by atoms with van der Waals surface area (Å²) in [6.07, 6.45) is 3.60. The Kier molecular flexibility index (Phi) is 9.62. The number of pyridine rings is 1. The zero-order valence-corrected chi connectivity index (χ0v) is 28.5. The normalized spacial score (nSPS) is 21.5. The lowest BCUT2D eigenvalue weighted by Crippen LogP contribution is -2.42. The fourth-order valence-corrected chi connectivity index (χ4v) is 7.34. The number of phenolic OH excluding ortho intramolecular Hbond substituents is 2. The summed E-state index contributed by atoms with van der Waals surface area (Å²) in [6.45, 7) is 3.14. The lowest BCUT2D eigenvalue weighted by molar-refractivity contribution is -0.122. The van der Waals surface area contributed by atoms with Crippen LogP contribution in [-0.4, -0.2) is 94.6 Å². The zero-order valence-electron chi connectivity index (χ0n) is 28.5. The van der Waals surface area contributed by atoms with E-state index in [1.165, 1.54) is 0 Å². The molecule has 7 rings (SSSR count). The van der Waals surface area contributed by atoms with E-state index in [2.05, 4.69) is 20.6 Å². The number of hydrogen-bond acceptors (Lipinski definition) is 12. The summed E-state index contributed by atoms with van der Waals surface area (Å²) < 4.78 is 1.73. The number of carbonyl (C=O) groups excluding carboxylic acids is 2. The number of phenols is 2. The summed E-state index contributed by atoms with van der Waals surface area (Å²) in [5.41, 5.74) is 9.58. The zero-order chi connectivity index (χ0) is 36.5. The number of aromatic hydroxyl groups is 2. The smallest absolute Gasteiger partial charge is 0.249 e. The molecule has 1 saturated heterocycles. The van der Waals surface area contributed by atoms with Gasteiger partial charge in [0.2, 0.25) is 17.8 Å². The summed E-state index contributed by atoms with van der Waals surface area (Å²) in [5, 5.41) is 48.4. The number of aromatic nitrogens is 5. The van der Waals surface area contributed by atoms with Gasteiger partial charge in [-0.25, -0.2) is 4.98 Å². The highest BCUT2D eigenvalue weighted by Gasteiger charge is 2.44. The molecule has 2 aromatic carbocycles. The number of aliphatic hydroxyl groups is 2. The van der Waals surface area contributed by atoms with Gasteiger partial charge in [-0.15, -0.1) is 0 Å². The second kappa shape index (κ2) is 14.4. The SMILES string of the molecule is CCC(=O)N[C@H]1C[C@@H](n2cnc3c(NCC(c4ccc(O)cc4)c4ccc(O)cc4)nc(N4CC[C@H](c5cnccc5C(N)=O)C4)nc32)[C@H](O)[C@@H]1O. The first-order valence-corrected chi connectivity index (χ1v) is 17.3. The Bertz CT molecular complexity index is 2030. The van der Waals surface area contributed by atoms with Gasteiger partial charge in [-0.05, 0) is 59.9 Å². The number of primary amides is 1. The number of nitrogens with zero attached hydrogens (tertiary/aromatic N) is 6. The van der Waals surface area contributed by atoms with Crippen LogP contribution in [0, 0.1) is 0 Å². The minimum absolute atomic E-state index is 0.0556. The Morgan fingerprint density at radius 3 is 2.33 bits per heavy atom. The minimum atomic E-state index is -1.20. The fourth-order valence-electron chi connectivity index (χ4n) is 7.34. The van der Waals surface area contributed by atoms with Crippen molar-refractivity contribution < 1.29 is 30.0 Å². The lowest BCUT2D eigenvalue weighted by atomic mass is 9.91. The first-order chi connectivity index (χ1) is 25.1. The maximum Gasteiger partial charge on any atom is 0.249 e. The van der Waals surface area contributed by atoms with E-state index < -0.39 is 30.2 Å². The first kappa shape index (κ1) is 34.6. The maximum atomic E-state index is 12.2. The Balaban J connectivity index is 1.26. The van der Waals surface area contributed by atoms with Crippen LogP contribution in [0.1, 0.15) is 71.1 Å². The van der Waals surface area contributed by atoms with Crippen molar-refractivity contribution in [1.29, 1.82) is 0 Å². The van der Waals surface area contributed by atoms with Crippen molar-refractivity contribution in [3.8, 4) is 11.5 Å². The molecule has 5 aromatic rings. The van der Waals surface area contributed by atoms with Gasteiger partial charge in [0.05, 0.1) is 18.4 Å². The van der Waals surface area contributed by atoms with Crippen LogP contribution in [0.5, 0.6) is 11.5 Å². The number of fused-ring (bicyclic) bond motifs is 1. The van der Waals surface area contributed by atoms with Crippen LogP contribution in [0.2, 0.25) is 0 Å². The Morgan fingerprint density at radius 1 is 0.981 bits per heavy atom. The molecule has 0 unspecified atom stereocenters. The monoisotopic (exact) mass is 707 g/mol. The standard InChI is InChI=1S/C37H41N9O6/c1-2-30(49)42-28-15-29(33(51)32(28)50)46-19-41-31-35(40-17-26(20-3-7-23(47)8-4-20)21-5-9-24(48)10-6-21)43-37(44-36(31)46)45-14-12-22(18-45)27-16-39-13-11-25(27)34(38)52/h3-11,13,16,19,22,26,28-29,32-33,47-48,50-51H,2,12,14-15,17-18H2,1H3,(H2,38,52)(H,42,49)(H,40,43,44)/t22-,28-,29+,32+,33-/m0/s1. The maximum absolute atomic E-state index is 12.2. The molecule has 0 radical (unpaired) electrons. The van der Waals surface area contributed by atoms with E-state index in [0.29, 0.717) is 54.5 Å². The van der Waals surface area contributed by atoms with Crippen molar-refractivity contribution in [3.63, 3.8) is 0 Å². The quantitative estimate of drug-likeness (QED) is 0.105. The summed E-state index contributed by atoms with van der Waals surface area (Å²) >= 11 is 0. The lowest BCUT2D eigenvalue weighted by Gasteiger charge is -2.22. The van der Waals surface area contributed by atoms with Gasteiger partial charge in [0, 0.05) is 55.8 Å². The minimum Gasteiger partial charge on any atom is -0.508 e. The Labute approximate surface area is 299 Å². The summed E-state index contributed by atoms with van der Waals surface area (Å²) in [5.74, 6) is 0.0977. The van der Waals surface area contributed by atoms with Crippen LogP contribution in [0.15, 0.2) is 73.3 Å². The van der Waals surface area contributed by atoms with Gasteiger partial charge in [-0.2, -0.15) is 9.97 Å². The molecule has 3 aromatic heterocycles. The van der Waals surface area contributed by atoms with Crippen molar-refractivity contribution in [3.05, 3.63) is 95.6 Å².